The zero-order valence-corrected chi connectivity index (χ0v) is 14.5. The van der Waals surface area contributed by atoms with Crippen molar-refractivity contribution in [3.8, 4) is 5.75 Å². The fourth-order valence-electron chi connectivity index (χ4n) is 3.64. The van der Waals surface area contributed by atoms with Crippen LogP contribution in [0.3, 0.4) is 0 Å². The predicted octanol–water partition coefficient (Wildman–Crippen LogP) is 2.49. The number of nitrogens with zero attached hydrogens (tertiary/aromatic N) is 3. The first-order valence-corrected chi connectivity index (χ1v) is 8.43. The van der Waals surface area contributed by atoms with Gasteiger partial charge in [0.2, 0.25) is 0 Å². The largest absolute Gasteiger partial charge is 0.437 e. The van der Waals surface area contributed by atoms with Gasteiger partial charge in [0.15, 0.2) is 11.6 Å². The zero-order valence-electron chi connectivity index (χ0n) is 14.5. The fourth-order valence-corrected chi connectivity index (χ4v) is 3.64. The van der Waals surface area contributed by atoms with E-state index >= 15 is 0 Å². The molecule has 1 fully saturated rings. The minimum Gasteiger partial charge on any atom is -0.437 e. The Morgan fingerprint density at radius 2 is 2.08 bits per heavy atom. The van der Waals surface area contributed by atoms with Crippen LogP contribution in [0, 0.1) is 6.92 Å². The van der Waals surface area contributed by atoms with Crippen LogP contribution in [0.4, 0.5) is 0 Å². The number of aromatic nitrogens is 1. The average molecular weight is 342 g/mol. The van der Waals surface area contributed by atoms with E-state index in [1.807, 2.05) is 6.92 Å². The number of carbonyl (C=O) groups excluding carboxylic acids is 1. The molecule has 0 atom stereocenters. The normalized spacial score (nSPS) is 19.1. The number of carbonyl (C=O) groups is 1. The van der Waals surface area contributed by atoms with E-state index < -0.39 is 5.66 Å². The molecular weight excluding hydrogens is 320 g/mol. The van der Waals surface area contributed by atoms with Gasteiger partial charge in [-0.2, -0.15) is 0 Å². The summed E-state index contributed by atoms with van der Waals surface area (Å²) in [4.78, 5) is 33.3. The van der Waals surface area contributed by atoms with Gasteiger partial charge in [0.05, 0.1) is 0 Å². The topological polar surface area (TPSA) is 85.1 Å². The van der Waals surface area contributed by atoms with Crippen molar-refractivity contribution in [3.05, 3.63) is 40.5 Å². The van der Waals surface area contributed by atoms with Crippen molar-refractivity contribution in [1.82, 2.24) is 9.88 Å². The van der Waals surface area contributed by atoms with Gasteiger partial charge in [-0.3, -0.25) is 14.2 Å². The Morgan fingerprint density at radius 1 is 1.36 bits per heavy atom. The lowest BCUT2D eigenvalue weighted by molar-refractivity contribution is 0.0876. The van der Waals surface area contributed by atoms with Gasteiger partial charge in [0, 0.05) is 13.1 Å². The Bertz CT molecular complexity index is 829. The number of hydrogen-bond acceptors (Lipinski definition) is 4. The minimum atomic E-state index is -0.624. The number of aryl methyl sites for hydroxylation is 1. The van der Waals surface area contributed by atoms with E-state index in [9.17, 15) is 9.59 Å². The van der Waals surface area contributed by atoms with Crippen molar-refractivity contribution in [2.75, 3.05) is 0 Å². The summed E-state index contributed by atoms with van der Waals surface area (Å²) < 4.78 is 7.22. The number of nitrogens with one attached hydrogen (secondary N) is 1. The minimum absolute atomic E-state index is 0.163. The number of aliphatic imine (C=N–C) groups is 2. The monoisotopic (exact) mass is 342 g/mol. The third-order valence-corrected chi connectivity index (χ3v) is 4.70. The Morgan fingerprint density at radius 3 is 2.76 bits per heavy atom. The molecule has 1 aliphatic heterocycles. The smallest absolute Gasteiger partial charge is 0.296 e. The summed E-state index contributed by atoms with van der Waals surface area (Å²) in [5, 5.41) is 3.04. The Kier molecular flexibility index (Phi) is 4.57. The van der Waals surface area contributed by atoms with Crippen LogP contribution < -0.4 is 15.6 Å². The first-order valence-electron chi connectivity index (χ1n) is 8.43. The first kappa shape index (κ1) is 17.1. The second kappa shape index (κ2) is 6.66. The Hall–Kier alpha value is -2.70. The molecule has 1 aromatic rings. The molecule has 0 aromatic carbocycles. The van der Waals surface area contributed by atoms with E-state index in [-0.39, 0.29) is 23.1 Å². The zero-order chi connectivity index (χ0) is 18.0. The van der Waals surface area contributed by atoms with Crippen LogP contribution in [0.15, 0.2) is 33.6 Å². The molecule has 25 heavy (non-hydrogen) atoms. The lowest BCUT2D eigenvalue weighted by Crippen LogP contribution is -2.48. The van der Waals surface area contributed by atoms with Crippen molar-refractivity contribution in [2.45, 2.75) is 51.6 Å². The van der Waals surface area contributed by atoms with Gasteiger partial charge >= 0.3 is 0 Å². The van der Waals surface area contributed by atoms with Gasteiger partial charge in [0.25, 0.3) is 11.5 Å². The summed E-state index contributed by atoms with van der Waals surface area (Å²) in [5.41, 5.74) is 0.210. The number of rotatable bonds is 3. The van der Waals surface area contributed by atoms with Gasteiger partial charge in [-0.25, -0.2) is 9.98 Å². The van der Waals surface area contributed by atoms with E-state index in [4.69, 9.17) is 4.74 Å². The van der Waals surface area contributed by atoms with Crippen LogP contribution >= 0.6 is 0 Å². The van der Waals surface area contributed by atoms with E-state index in [1.54, 1.807) is 17.6 Å². The van der Waals surface area contributed by atoms with E-state index in [2.05, 4.69) is 21.9 Å². The standard InChI is InChI=1S/C18H22N4O3/c1-4-19-11-20-13(3)25-14-10-12(2)15-16(23)21-18(22(15)17(14)24)8-6-5-7-9-18/h4,10-11H,1,5-9H2,2-3H3,(H,21,23). The first-order chi connectivity index (χ1) is 12.0. The van der Waals surface area contributed by atoms with Crippen molar-refractivity contribution in [3.63, 3.8) is 0 Å². The SMILES string of the molecule is C=CN=CN=C(C)Oc1cc(C)c2n(c1=O)C1(CCCCC1)NC2=O. The van der Waals surface area contributed by atoms with E-state index in [1.165, 1.54) is 12.5 Å². The van der Waals surface area contributed by atoms with Crippen LogP contribution in [-0.4, -0.2) is 22.7 Å². The van der Waals surface area contributed by atoms with Gasteiger partial charge in [-0.15, -0.1) is 0 Å². The second-order valence-corrected chi connectivity index (χ2v) is 6.42. The molecule has 1 aliphatic carbocycles. The molecule has 3 rings (SSSR count). The lowest BCUT2D eigenvalue weighted by Gasteiger charge is -2.35. The molecule has 1 saturated carbocycles. The molecule has 1 spiro atoms. The summed E-state index contributed by atoms with van der Waals surface area (Å²) in [6.45, 7) is 6.91. The fraction of sp³-hybridized carbons (Fsp3) is 0.444. The number of fused-ring (bicyclic) bond motifs is 2. The second-order valence-electron chi connectivity index (χ2n) is 6.42. The van der Waals surface area contributed by atoms with Crippen molar-refractivity contribution >= 4 is 18.1 Å². The van der Waals surface area contributed by atoms with Gasteiger partial charge in [-0.05, 0) is 44.2 Å². The van der Waals surface area contributed by atoms with Crippen LogP contribution in [0.1, 0.15) is 55.1 Å². The summed E-state index contributed by atoms with van der Waals surface area (Å²) in [5.74, 6) is 0.264. The Balaban J connectivity index is 2.06. The highest BCUT2D eigenvalue weighted by Crippen LogP contribution is 2.37. The van der Waals surface area contributed by atoms with Gasteiger partial charge in [0.1, 0.15) is 17.7 Å². The molecule has 2 heterocycles. The van der Waals surface area contributed by atoms with E-state index in [0.717, 1.165) is 32.1 Å². The number of pyridine rings is 1. The summed E-state index contributed by atoms with van der Waals surface area (Å²) >= 11 is 0. The number of amides is 1. The molecule has 2 aliphatic rings. The highest BCUT2D eigenvalue weighted by molar-refractivity contribution is 5.96. The quantitative estimate of drug-likeness (QED) is 0.676. The van der Waals surface area contributed by atoms with Crippen molar-refractivity contribution < 1.29 is 9.53 Å². The molecular formula is C18H22N4O3. The van der Waals surface area contributed by atoms with Crippen LogP contribution in [0.2, 0.25) is 0 Å². The molecule has 0 bridgehead atoms. The van der Waals surface area contributed by atoms with Crippen molar-refractivity contribution in [1.29, 1.82) is 0 Å². The third kappa shape index (κ3) is 3.01. The lowest BCUT2D eigenvalue weighted by atomic mass is 9.89. The molecule has 7 nitrogen and oxygen atoms in total. The van der Waals surface area contributed by atoms with Crippen LogP contribution in [0.5, 0.6) is 5.75 Å². The molecule has 1 N–H and O–H groups in total. The maximum Gasteiger partial charge on any atom is 0.296 e. The summed E-state index contributed by atoms with van der Waals surface area (Å²) in [6.07, 6.45) is 7.25. The molecule has 0 saturated heterocycles. The van der Waals surface area contributed by atoms with E-state index in [0.29, 0.717) is 11.3 Å². The van der Waals surface area contributed by atoms with Crippen molar-refractivity contribution in [2.24, 2.45) is 9.98 Å². The third-order valence-electron chi connectivity index (χ3n) is 4.70. The summed E-state index contributed by atoms with van der Waals surface area (Å²) in [6, 6.07) is 1.60. The predicted molar refractivity (Wildman–Crippen MR) is 96.4 cm³/mol. The molecule has 1 aromatic heterocycles. The molecule has 132 valence electrons. The average Bonchev–Trinajstić information content (AvgIpc) is 2.85. The Labute approximate surface area is 146 Å². The maximum absolute atomic E-state index is 13.0. The summed E-state index contributed by atoms with van der Waals surface area (Å²) in [7, 11) is 0. The maximum atomic E-state index is 13.0. The van der Waals surface area contributed by atoms with Gasteiger partial charge < -0.3 is 10.1 Å². The molecule has 0 radical (unpaired) electrons. The number of ether oxygens (including phenoxy) is 1. The molecule has 7 heteroatoms. The van der Waals surface area contributed by atoms with Crippen LogP contribution in [0.25, 0.3) is 0 Å². The number of hydrogen-bond donors (Lipinski definition) is 1. The van der Waals surface area contributed by atoms with Crippen LogP contribution in [-0.2, 0) is 5.66 Å². The van der Waals surface area contributed by atoms with Gasteiger partial charge in [-0.1, -0.05) is 13.0 Å². The molecule has 1 amide bonds. The molecule has 0 unspecified atom stereocenters. The highest BCUT2D eigenvalue weighted by Gasteiger charge is 2.45. The highest BCUT2D eigenvalue weighted by atomic mass is 16.5.